The molecule has 0 spiro atoms. The number of amides is 1. The van der Waals surface area contributed by atoms with Gasteiger partial charge in [0.15, 0.2) is 0 Å². The molecule has 1 fully saturated rings. The van der Waals surface area contributed by atoms with E-state index in [-0.39, 0.29) is 16.8 Å². The van der Waals surface area contributed by atoms with Crippen LogP contribution in [0.1, 0.15) is 18.9 Å². The van der Waals surface area contributed by atoms with Crippen LogP contribution < -0.4 is 11.1 Å². The molecule has 2 unspecified atom stereocenters. The van der Waals surface area contributed by atoms with Gasteiger partial charge in [-0.25, -0.2) is 0 Å². The highest BCUT2D eigenvalue weighted by Gasteiger charge is 2.31. The monoisotopic (exact) mass is 342 g/mol. The summed E-state index contributed by atoms with van der Waals surface area (Å²) in [7, 11) is 0. The highest BCUT2D eigenvalue weighted by Crippen LogP contribution is 2.24. The van der Waals surface area contributed by atoms with Gasteiger partial charge in [0.25, 0.3) is 5.91 Å². The Morgan fingerprint density at radius 3 is 2.89 bits per heavy atom. The van der Waals surface area contributed by atoms with Gasteiger partial charge >= 0.3 is 0 Å². The van der Waals surface area contributed by atoms with Gasteiger partial charge in [-0.3, -0.25) is 4.79 Å². The van der Waals surface area contributed by atoms with Crippen molar-refractivity contribution in [2.45, 2.75) is 19.4 Å². The first-order chi connectivity index (χ1) is 8.99. The molecule has 1 aromatic carbocycles. The average molecular weight is 343 g/mol. The standard InChI is InChI=1S/C13H15BrN2O2S/c1-7-4-5-18-11(7)13(17)16-10-3-2-8(14)6-9(10)12(15)19/h2-3,6-7,11H,4-5H2,1H3,(H2,15,19)(H,16,17). The normalized spacial score (nSPS) is 22.2. The van der Waals surface area contributed by atoms with Crippen molar-refractivity contribution in [2.24, 2.45) is 11.7 Å². The molecule has 2 rings (SSSR count). The molecule has 19 heavy (non-hydrogen) atoms. The summed E-state index contributed by atoms with van der Waals surface area (Å²) < 4.78 is 6.30. The van der Waals surface area contributed by atoms with Crippen LogP contribution in [0.2, 0.25) is 0 Å². The predicted octanol–water partition coefficient (Wildman–Crippen LogP) is 2.45. The van der Waals surface area contributed by atoms with Gasteiger partial charge in [0.05, 0.1) is 5.69 Å². The van der Waals surface area contributed by atoms with Gasteiger partial charge in [-0.1, -0.05) is 35.1 Å². The second-order valence-corrected chi connectivity index (χ2v) is 5.96. The van der Waals surface area contributed by atoms with Crippen LogP contribution in [0, 0.1) is 5.92 Å². The first-order valence-electron chi connectivity index (χ1n) is 6.01. The molecule has 2 atom stereocenters. The molecule has 4 nitrogen and oxygen atoms in total. The number of carbonyl (C=O) groups excluding carboxylic acids is 1. The minimum absolute atomic E-state index is 0.148. The van der Waals surface area contributed by atoms with Crippen LogP contribution in [0.4, 0.5) is 5.69 Å². The lowest BCUT2D eigenvalue weighted by molar-refractivity contribution is -0.126. The smallest absolute Gasteiger partial charge is 0.253 e. The molecular weight excluding hydrogens is 328 g/mol. The topological polar surface area (TPSA) is 64.3 Å². The van der Waals surface area contributed by atoms with Crippen molar-refractivity contribution in [3.63, 3.8) is 0 Å². The summed E-state index contributed by atoms with van der Waals surface area (Å²) in [5.41, 5.74) is 6.92. The van der Waals surface area contributed by atoms with Gasteiger partial charge in [-0.2, -0.15) is 0 Å². The lowest BCUT2D eigenvalue weighted by Crippen LogP contribution is -2.32. The Morgan fingerprint density at radius 2 is 2.32 bits per heavy atom. The van der Waals surface area contributed by atoms with E-state index in [1.807, 2.05) is 13.0 Å². The van der Waals surface area contributed by atoms with Crippen molar-refractivity contribution in [2.75, 3.05) is 11.9 Å². The summed E-state index contributed by atoms with van der Waals surface area (Å²) in [6.07, 6.45) is 0.503. The first kappa shape index (κ1) is 14.4. The number of ether oxygens (including phenoxy) is 1. The minimum atomic E-state index is -0.400. The molecule has 1 aliphatic rings. The van der Waals surface area contributed by atoms with E-state index in [0.717, 1.165) is 10.9 Å². The van der Waals surface area contributed by atoms with Crippen LogP contribution in [0.25, 0.3) is 0 Å². The summed E-state index contributed by atoms with van der Waals surface area (Å²) in [6.45, 7) is 2.63. The maximum absolute atomic E-state index is 12.2. The number of rotatable bonds is 3. The fourth-order valence-electron chi connectivity index (χ4n) is 2.06. The second kappa shape index (κ2) is 5.98. The zero-order chi connectivity index (χ0) is 14.0. The molecule has 1 saturated heterocycles. The van der Waals surface area contributed by atoms with Crippen LogP contribution in [0.15, 0.2) is 22.7 Å². The van der Waals surface area contributed by atoms with Crippen LogP contribution in [0.3, 0.4) is 0 Å². The predicted molar refractivity (Wildman–Crippen MR) is 82.2 cm³/mol. The molecule has 0 bridgehead atoms. The molecule has 0 aliphatic carbocycles. The SMILES string of the molecule is CC1CCOC1C(=O)Nc1ccc(Br)cc1C(N)=S. The van der Waals surface area contributed by atoms with Gasteiger partial charge in [-0.05, 0) is 30.5 Å². The van der Waals surface area contributed by atoms with Crippen LogP contribution in [-0.2, 0) is 9.53 Å². The van der Waals surface area contributed by atoms with Crippen molar-refractivity contribution in [3.05, 3.63) is 28.2 Å². The van der Waals surface area contributed by atoms with Gasteiger partial charge in [0, 0.05) is 16.6 Å². The van der Waals surface area contributed by atoms with Gasteiger partial charge < -0.3 is 15.8 Å². The number of nitrogens with one attached hydrogen (secondary N) is 1. The van der Waals surface area contributed by atoms with Crippen molar-refractivity contribution in [1.29, 1.82) is 0 Å². The Hall–Kier alpha value is -0.980. The average Bonchev–Trinajstić information content (AvgIpc) is 2.77. The molecule has 0 saturated carbocycles. The number of nitrogens with two attached hydrogens (primary N) is 1. The lowest BCUT2D eigenvalue weighted by Gasteiger charge is -2.16. The highest BCUT2D eigenvalue weighted by molar-refractivity contribution is 9.10. The van der Waals surface area contributed by atoms with Crippen molar-refractivity contribution >= 4 is 44.7 Å². The number of hydrogen-bond acceptors (Lipinski definition) is 3. The molecule has 0 aromatic heterocycles. The Balaban J connectivity index is 2.19. The molecule has 1 amide bonds. The van der Waals surface area contributed by atoms with E-state index in [9.17, 15) is 4.79 Å². The fourth-order valence-corrected chi connectivity index (χ4v) is 2.59. The lowest BCUT2D eigenvalue weighted by atomic mass is 10.0. The third kappa shape index (κ3) is 3.32. The molecule has 3 N–H and O–H groups in total. The summed E-state index contributed by atoms with van der Waals surface area (Å²) in [5.74, 6) is 0.0774. The zero-order valence-electron chi connectivity index (χ0n) is 10.5. The summed E-state index contributed by atoms with van der Waals surface area (Å²) in [4.78, 5) is 12.4. The Bertz CT molecular complexity index is 521. The maximum Gasteiger partial charge on any atom is 0.253 e. The number of halogens is 1. The molecule has 6 heteroatoms. The molecule has 1 heterocycles. The number of benzene rings is 1. The summed E-state index contributed by atoms with van der Waals surface area (Å²) >= 11 is 8.35. The van der Waals surface area contributed by atoms with Crippen LogP contribution >= 0.6 is 28.1 Å². The van der Waals surface area contributed by atoms with E-state index in [4.69, 9.17) is 22.7 Å². The third-order valence-corrected chi connectivity index (χ3v) is 3.86. The number of hydrogen-bond donors (Lipinski definition) is 2. The van der Waals surface area contributed by atoms with Crippen molar-refractivity contribution in [1.82, 2.24) is 0 Å². The molecule has 1 aromatic rings. The Morgan fingerprint density at radius 1 is 1.58 bits per heavy atom. The summed E-state index contributed by atoms with van der Waals surface area (Å²) in [5, 5.41) is 2.84. The van der Waals surface area contributed by atoms with E-state index in [1.54, 1.807) is 12.1 Å². The molecular formula is C13H15BrN2O2S. The maximum atomic E-state index is 12.2. The molecule has 0 radical (unpaired) electrons. The first-order valence-corrected chi connectivity index (χ1v) is 7.21. The molecule has 1 aliphatic heterocycles. The van der Waals surface area contributed by atoms with E-state index < -0.39 is 6.10 Å². The minimum Gasteiger partial charge on any atom is -0.389 e. The quantitative estimate of drug-likeness (QED) is 0.828. The Labute approximate surface area is 125 Å². The fraction of sp³-hybridized carbons (Fsp3) is 0.385. The van der Waals surface area contributed by atoms with Gasteiger partial charge in [0.1, 0.15) is 11.1 Å². The van der Waals surface area contributed by atoms with E-state index in [0.29, 0.717) is 17.9 Å². The van der Waals surface area contributed by atoms with Crippen LogP contribution in [-0.4, -0.2) is 23.6 Å². The van der Waals surface area contributed by atoms with E-state index >= 15 is 0 Å². The van der Waals surface area contributed by atoms with Crippen molar-refractivity contribution in [3.8, 4) is 0 Å². The van der Waals surface area contributed by atoms with Crippen LogP contribution in [0.5, 0.6) is 0 Å². The highest BCUT2D eigenvalue weighted by atomic mass is 79.9. The summed E-state index contributed by atoms with van der Waals surface area (Å²) in [6, 6.07) is 5.39. The van der Waals surface area contributed by atoms with E-state index in [1.165, 1.54) is 0 Å². The van der Waals surface area contributed by atoms with E-state index in [2.05, 4.69) is 21.2 Å². The number of carbonyl (C=O) groups is 1. The largest absolute Gasteiger partial charge is 0.389 e. The third-order valence-electron chi connectivity index (χ3n) is 3.15. The number of thiocarbonyl (C=S) groups is 1. The van der Waals surface area contributed by atoms with Gasteiger partial charge in [0.2, 0.25) is 0 Å². The zero-order valence-corrected chi connectivity index (χ0v) is 12.9. The van der Waals surface area contributed by atoms with Gasteiger partial charge in [-0.15, -0.1) is 0 Å². The number of anilines is 1. The second-order valence-electron chi connectivity index (χ2n) is 4.60. The Kier molecular flexibility index (Phi) is 4.54. The molecule has 102 valence electrons. The van der Waals surface area contributed by atoms with Crippen molar-refractivity contribution < 1.29 is 9.53 Å².